The summed E-state index contributed by atoms with van der Waals surface area (Å²) in [5, 5.41) is 7.27. The summed E-state index contributed by atoms with van der Waals surface area (Å²) in [4.78, 5) is 27.1. The Bertz CT molecular complexity index is 1060. The van der Waals surface area contributed by atoms with Crippen LogP contribution in [0.5, 0.6) is 0 Å². The Morgan fingerprint density at radius 1 is 1.13 bits per heavy atom. The third-order valence-electron chi connectivity index (χ3n) is 4.75. The summed E-state index contributed by atoms with van der Waals surface area (Å²) in [6.07, 6.45) is -1.01. The largest absolute Gasteiger partial charge is 0.449 e. The molecule has 162 valence electrons. The Kier molecular flexibility index (Phi) is 6.97. The molecule has 31 heavy (non-hydrogen) atoms. The van der Waals surface area contributed by atoms with Gasteiger partial charge >= 0.3 is 5.97 Å². The van der Waals surface area contributed by atoms with Crippen molar-refractivity contribution >= 4 is 34.9 Å². The van der Waals surface area contributed by atoms with Gasteiger partial charge in [0.25, 0.3) is 5.91 Å². The number of carbonyl (C=O) groups excluding carboxylic acids is 2. The molecule has 1 aromatic heterocycles. The molecule has 0 aliphatic heterocycles. The number of amides is 1. The number of aromatic nitrogens is 2. The van der Waals surface area contributed by atoms with E-state index < -0.39 is 18.0 Å². The molecular formula is C23H25ClN4O3. The number of aryl methyl sites for hydroxylation is 1. The van der Waals surface area contributed by atoms with Crippen LogP contribution in [0, 0.1) is 6.92 Å². The molecule has 1 heterocycles. The molecular weight excluding hydrogens is 416 g/mol. The van der Waals surface area contributed by atoms with Crippen LogP contribution in [-0.2, 0) is 16.1 Å². The average molecular weight is 441 g/mol. The number of esters is 1. The monoisotopic (exact) mass is 440 g/mol. The Hall–Kier alpha value is -3.32. The molecule has 1 N–H and O–H groups in total. The molecule has 0 fully saturated rings. The van der Waals surface area contributed by atoms with E-state index >= 15 is 0 Å². The first-order valence-corrected chi connectivity index (χ1v) is 10.2. The number of benzene rings is 2. The van der Waals surface area contributed by atoms with Gasteiger partial charge in [-0.3, -0.25) is 4.79 Å². The van der Waals surface area contributed by atoms with E-state index in [9.17, 15) is 9.59 Å². The number of hydrogen-bond acceptors (Lipinski definition) is 5. The van der Waals surface area contributed by atoms with E-state index in [2.05, 4.69) is 10.4 Å². The zero-order valence-electron chi connectivity index (χ0n) is 17.9. The number of rotatable bonds is 7. The van der Waals surface area contributed by atoms with Gasteiger partial charge in [0.05, 0.1) is 12.2 Å². The molecule has 0 saturated heterocycles. The van der Waals surface area contributed by atoms with Crippen LogP contribution in [-0.4, -0.2) is 41.9 Å². The topological polar surface area (TPSA) is 76.5 Å². The molecule has 0 spiro atoms. The minimum Gasteiger partial charge on any atom is -0.449 e. The van der Waals surface area contributed by atoms with Crippen molar-refractivity contribution in [1.82, 2.24) is 9.78 Å². The fourth-order valence-corrected chi connectivity index (χ4v) is 3.32. The molecule has 1 amide bonds. The lowest BCUT2D eigenvalue weighted by atomic mass is 10.2. The van der Waals surface area contributed by atoms with Crippen LogP contribution < -0.4 is 10.2 Å². The van der Waals surface area contributed by atoms with Crippen molar-refractivity contribution in [2.24, 2.45) is 0 Å². The maximum atomic E-state index is 12.7. The van der Waals surface area contributed by atoms with Gasteiger partial charge in [-0.2, -0.15) is 5.10 Å². The van der Waals surface area contributed by atoms with Gasteiger partial charge in [-0.05, 0) is 43.7 Å². The number of hydrogen-bond donors (Lipinski definition) is 1. The second-order valence-electron chi connectivity index (χ2n) is 7.37. The van der Waals surface area contributed by atoms with E-state index in [1.165, 1.54) is 6.92 Å². The van der Waals surface area contributed by atoms with Gasteiger partial charge in [0.1, 0.15) is 10.7 Å². The lowest BCUT2D eigenvalue weighted by Crippen LogP contribution is -2.30. The van der Waals surface area contributed by atoms with Crippen LogP contribution in [0.25, 0.3) is 0 Å². The van der Waals surface area contributed by atoms with E-state index in [0.717, 1.165) is 11.3 Å². The SMILES string of the molecule is Cc1nn(Cc2ccccc2)c(Cl)c1C(=O)OC(C)C(=O)Nc1ccc(N(C)C)cc1. The van der Waals surface area contributed by atoms with Crippen molar-refractivity contribution in [3.8, 4) is 0 Å². The van der Waals surface area contributed by atoms with Crippen molar-refractivity contribution < 1.29 is 14.3 Å². The van der Waals surface area contributed by atoms with E-state index in [1.54, 1.807) is 23.7 Å². The van der Waals surface area contributed by atoms with Crippen LogP contribution in [0.3, 0.4) is 0 Å². The summed E-state index contributed by atoms with van der Waals surface area (Å²) in [7, 11) is 3.87. The van der Waals surface area contributed by atoms with E-state index in [-0.39, 0.29) is 10.7 Å². The number of nitrogens with one attached hydrogen (secondary N) is 1. The van der Waals surface area contributed by atoms with E-state index in [1.807, 2.05) is 61.5 Å². The molecule has 7 nitrogen and oxygen atoms in total. The summed E-state index contributed by atoms with van der Waals surface area (Å²) in [5.74, 6) is -1.12. The number of anilines is 2. The number of nitrogens with zero attached hydrogens (tertiary/aromatic N) is 3. The first kappa shape index (κ1) is 22.4. The summed E-state index contributed by atoms with van der Waals surface area (Å²) < 4.78 is 6.90. The summed E-state index contributed by atoms with van der Waals surface area (Å²) in [5.41, 5.74) is 3.23. The number of halogens is 1. The van der Waals surface area contributed by atoms with Gasteiger partial charge in [-0.1, -0.05) is 41.9 Å². The van der Waals surface area contributed by atoms with Gasteiger partial charge in [-0.25, -0.2) is 9.48 Å². The second-order valence-corrected chi connectivity index (χ2v) is 7.73. The van der Waals surface area contributed by atoms with Gasteiger partial charge in [-0.15, -0.1) is 0 Å². The highest BCUT2D eigenvalue weighted by Crippen LogP contribution is 2.23. The predicted molar refractivity (Wildman–Crippen MR) is 122 cm³/mol. The lowest BCUT2D eigenvalue weighted by Gasteiger charge is -2.15. The highest BCUT2D eigenvalue weighted by Gasteiger charge is 2.26. The summed E-state index contributed by atoms with van der Waals surface area (Å²) in [6, 6.07) is 17.0. The molecule has 0 saturated carbocycles. The maximum absolute atomic E-state index is 12.7. The molecule has 0 aliphatic carbocycles. The Morgan fingerprint density at radius 2 is 1.77 bits per heavy atom. The predicted octanol–water partition coefficient (Wildman–Crippen LogP) is 4.14. The van der Waals surface area contributed by atoms with Crippen LogP contribution in [0.4, 0.5) is 11.4 Å². The highest BCUT2D eigenvalue weighted by atomic mass is 35.5. The minimum absolute atomic E-state index is 0.160. The first-order valence-electron chi connectivity index (χ1n) is 9.82. The summed E-state index contributed by atoms with van der Waals surface area (Å²) in [6.45, 7) is 3.62. The van der Waals surface area contributed by atoms with Crippen molar-refractivity contribution in [1.29, 1.82) is 0 Å². The molecule has 2 aromatic carbocycles. The lowest BCUT2D eigenvalue weighted by molar-refractivity contribution is -0.123. The zero-order valence-corrected chi connectivity index (χ0v) is 18.7. The molecule has 1 unspecified atom stereocenters. The third kappa shape index (κ3) is 5.44. The molecule has 0 aliphatic rings. The fourth-order valence-electron chi connectivity index (χ4n) is 3.01. The normalized spacial score (nSPS) is 11.6. The van der Waals surface area contributed by atoms with Crippen molar-refractivity contribution in [2.75, 3.05) is 24.3 Å². The zero-order chi connectivity index (χ0) is 22.5. The van der Waals surface area contributed by atoms with Gasteiger partial charge in [0, 0.05) is 25.5 Å². The van der Waals surface area contributed by atoms with Crippen LogP contribution in [0.1, 0.15) is 28.5 Å². The maximum Gasteiger partial charge on any atom is 0.343 e. The highest BCUT2D eigenvalue weighted by molar-refractivity contribution is 6.32. The third-order valence-corrected chi connectivity index (χ3v) is 5.13. The average Bonchev–Trinajstić information content (AvgIpc) is 3.02. The minimum atomic E-state index is -1.01. The van der Waals surface area contributed by atoms with E-state index in [0.29, 0.717) is 17.9 Å². The van der Waals surface area contributed by atoms with Gasteiger partial charge < -0.3 is 15.0 Å². The first-order chi connectivity index (χ1) is 14.8. The Morgan fingerprint density at radius 3 is 2.39 bits per heavy atom. The van der Waals surface area contributed by atoms with E-state index in [4.69, 9.17) is 16.3 Å². The van der Waals surface area contributed by atoms with Gasteiger partial charge in [0.2, 0.25) is 0 Å². The van der Waals surface area contributed by atoms with Gasteiger partial charge in [0.15, 0.2) is 6.10 Å². The van der Waals surface area contributed by atoms with Crippen LogP contribution >= 0.6 is 11.6 Å². The van der Waals surface area contributed by atoms with Crippen LogP contribution in [0.15, 0.2) is 54.6 Å². The Labute approximate surface area is 186 Å². The molecule has 0 radical (unpaired) electrons. The Balaban J connectivity index is 1.65. The standard InChI is InChI=1S/C23H25ClN4O3/c1-15-20(21(24)28(26-15)14-17-8-6-5-7-9-17)23(30)31-16(2)22(29)25-18-10-12-19(13-11-18)27(3)4/h5-13,16H,14H2,1-4H3,(H,25,29). The van der Waals surface area contributed by atoms with Crippen molar-refractivity contribution in [3.63, 3.8) is 0 Å². The molecule has 3 rings (SSSR count). The quantitative estimate of drug-likeness (QED) is 0.558. The fraction of sp³-hybridized carbons (Fsp3) is 0.261. The van der Waals surface area contributed by atoms with Crippen LogP contribution in [0.2, 0.25) is 5.15 Å². The number of ether oxygens (including phenoxy) is 1. The molecule has 3 aromatic rings. The van der Waals surface area contributed by atoms with Crippen molar-refractivity contribution in [3.05, 3.63) is 76.6 Å². The molecule has 0 bridgehead atoms. The molecule has 1 atom stereocenters. The second kappa shape index (κ2) is 9.66. The summed E-state index contributed by atoms with van der Waals surface area (Å²) >= 11 is 6.40. The van der Waals surface area contributed by atoms with Crippen molar-refractivity contribution in [2.45, 2.75) is 26.5 Å². The molecule has 8 heteroatoms. The number of carbonyl (C=O) groups is 2. The smallest absolute Gasteiger partial charge is 0.343 e.